The van der Waals surface area contributed by atoms with E-state index in [1.54, 1.807) is 30.3 Å². The summed E-state index contributed by atoms with van der Waals surface area (Å²) in [5, 5.41) is 8.50. The first kappa shape index (κ1) is 23.7. The van der Waals surface area contributed by atoms with Gasteiger partial charge < -0.3 is 20.1 Å². The highest BCUT2D eigenvalue weighted by molar-refractivity contribution is 7.80. The van der Waals surface area contributed by atoms with Gasteiger partial charge >= 0.3 is 0 Å². The van der Waals surface area contributed by atoms with E-state index in [2.05, 4.69) is 16.0 Å². The minimum Gasteiger partial charge on any atom is -0.490 e. The van der Waals surface area contributed by atoms with Crippen LogP contribution in [0.25, 0.3) is 0 Å². The molecule has 0 saturated carbocycles. The van der Waals surface area contributed by atoms with Crippen LogP contribution in [0.3, 0.4) is 0 Å². The first-order chi connectivity index (χ1) is 15.9. The molecule has 0 saturated heterocycles. The Balaban J connectivity index is 1.56. The maximum atomic E-state index is 12.8. The molecule has 0 heterocycles. The van der Waals surface area contributed by atoms with Crippen molar-refractivity contribution in [1.29, 1.82) is 0 Å². The molecule has 0 aliphatic rings. The summed E-state index contributed by atoms with van der Waals surface area (Å²) < 4.78 is 11.4. The second kappa shape index (κ2) is 11.6. The van der Waals surface area contributed by atoms with Gasteiger partial charge in [-0.25, -0.2) is 0 Å². The highest BCUT2D eigenvalue weighted by atomic mass is 32.1. The molecule has 7 nitrogen and oxygen atoms in total. The Kier molecular flexibility index (Phi) is 8.37. The second-order valence-corrected chi connectivity index (χ2v) is 7.53. The summed E-state index contributed by atoms with van der Waals surface area (Å²) in [5.41, 5.74) is 2.56. The largest absolute Gasteiger partial charge is 0.490 e. The monoisotopic (exact) mass is 463 g/mol. The smallest absolute Gasteiger partial charge is 0.261 e. The number of hydrogen-bond acceptors (Lipinski definition) is 5. The molecular weight excluding hydrogens is 438 g/mol. The molecule has 8 heteroatoms. The topological polar surface area (TPSA) is 88.7 Å². The number of para-hydroxylation sites is 2. The van der Waals surface area contributed by atoms with Crippen molar-refractivity contribution in [3.05, 3.63) is 83.9 Å². The van der Waals surface area contributed by atoms with Crippen LogP contribution in [0.2, 0.25) is 0 Å². The van der Waals surface area contributed by atoms with Crippen LogP contribution in [-0.4, -0.2) is 30.1 Å². The molecule has 0 aromatic heterocycles. The molecule has 0 atom stereocenters. The van der Waals surface area contributed by atoms with Gasteiger partial charge in [0.25, 0.3) is 5.91 Å². The van der Waals surface area contributed by atoms with Crippen molar-refractivity contribution in [3.8, 4) is 11.5 Å². The number of hydrogen-bond donors (Lipinski definition) is 3. The SMILES string of the molecule is CC(=O)Nc1cc(NC(=S)NC(=O)c2ccccc2OCCOc2ccccc2)ccc1C. The predicted octanol–water partition coefficient (Wildman–Crippen LogP) is 4.54. The molecule has 33 heavy (non-hydrogen) atoms. The molecule has 3 aromatic carbocycles. The molecule has 2 amide bonds. The lowest BCUT2D eigenvalue weighted by atomic mass is 10.1. The average Bonchev–Trinajstić information content (AvgIpc) is 2.79. The van der Waals surface area contributed by atoms with Crippen molar-refractivity contribution in [2.75, 3.05) is 23.8 Å². The Hall–Kier alpha value is -3.91. The molecule has 0 bridgehead atoms. The van der Waals surface area contributed by atoms with Gasteiger partial charge in [0, 0.05) is 18.3 Å². The zero-order chi connectivity index (χ0) is 23.6. The van der Waals surface area contributed by atoms with Gasteiger partial charge in [0.05, 0.1) is 5.56 Å². The summed E-state index contributed by atoms with van der Waals surface area (Å²) in [4.78, 5) is 24.1. The molecule has 0 fully saturated rings. The average molecular weight is 464 g/mol. The van der Waals surface area contributed by atoms with Crippen molar-refractivity contribution >= 4 is 40.5 Å². The van der Waals surface area contributed by atoms with Gasteiger partial charge in [-0.2, -0.15) is 0 Å². The van der Waals surface area contributed by atoms with Crippen LogP contribution in [0.1, 0.15) is 22.8 Å². The molecule has 170 valence electrons. The van der Waals surface area contributed by atoms with Crippen molar-refractivity contribution in [1.82, 2.24) is 5.32 Å². The fourth-order valence-electron chi connectivity index (χ4n) is 2.96. The van der Waals surface area contributed by atoms with Crippen LogP contribution in [-0.2, 0) is 4.79 Å². The normalized spacial score (nSPS) is 10.1. The molecule has 0 aliphatic carbocycles. The first-order valence-electron chi connectivity index (χ1n) is 10.3. The van der Waals surface area contributed by atoms with Gasteiger partial charge in [-0.3, -0.25) is 14.9 Å². The lowest BCUT2D eigenvalue weighted by Gasteiger charge is -2.14. The summed E-state index contributed by atoms with van der Waals surface area (Å²) >= 11 is 5.29. The molecule has 3 N–H and O–H groups in total. The number of thiocarbonyl (C=S) groups is 1. The van der Waals surface area contributed by atoms with Crippen molar-refractivity contribution < 1.29 is 19.1 Å². The zero-order valence-electron chi connectivity index (χ0n) is 18.4. The number of aryl methyl sites for hydroxylation is 1. The number of rotatable bonds is 8. The van der Waals surface area contributed by atoms with E-state index in [0.29, 0.717) is 29.3 Å². The van der Waals surface area contributed by atoms with E-state index in [-0.39, 0.29) is 17.6 Å². The Morgan fingerprint density at radius 3 is 2.33 bits per heavy atom. The van der Waals surface area contributed by atoms with Gasteiger partial charge in [0.1, 0.15) is 24.7 Å². The minimum atomic E-state index is -0.402. The number of carbonyl (C=O) groups is 2. The summed E-state index contributed by atoms with van der Waals surface area (Å²) in [7, 11) is 0. The van der Waals surface area contributed by atoms with Crippen LogP contribution in [0.15, 0.2) is 72.8 Å². The Morgan fingerprint density at radius 2 is 1.58 bits per heavy atom. The highest BCUT2D eigenvalue weighted by Crippen LogP contribution is 2.21. The highest BCUT2D eigenvalue weighted by Gasteiger charge is 2.14. The maximum Gasteiger partial charge on any atom is 0.261 e. The lowest BCUT2D eigenvalue weighted by Crippen LogP contribution is -2.34. The van der Waals surface area contributed by atoms with Gasteiger partial charge in [-0.1, -0.05) is 36.4 Å². The zero-order valence-corrected chi connectivity index (χ0v) is 19.2. The fraction of sp³-hybridized carbons (Fsp3) is 0.160. The summed E-state index contributed by atoms with van der Waals surface area (Å²) in [6, 6.07) is 21.7. The predicted molar refractivity (Wildman–Crippen MR) is 133 cm³/mol. The van der Waals surface area contributed by atoms with Crippen molar-refractivity contribution in [3.63, 3.8) is 0 Å². The molecule has 0 spiro atoms. The van der Waals surface area contributed by atoms with Gasteiger partial charge in [-0.05, 0) is 61.1 Å². The number of carbonyl (C=O) groups excluding carboxylic acids is 2. The summed E-state index contributed by atoms with van der Waals surface area (Å²) in [5.74, 6) is 0.609. The molecule has 3 aromatic rings. The van der Waals surface area contributed by atoms with Crippen molar-refractivity contribution in [2.24, 2.45) is 0 Å². The third-order valence-electron chi connectivity index (χ3n) is 4.52. The van der Waals surface area contributed by atoms with E-state index in [9.17, 15) is 9.59 Å². The number of anilines is 2. The summed E-state index contributed by atoms with van der Waals surface area (Å²) in [6.45, 7) is 3.94. The van der Waals surface area contributed by atoms with Crippen LogP contribution in [0.4, 0.5) is 11.4 Å². The first-order valence-corrected chi connectivity index (χ1v) is 10.7. The molecule has 3 rings (SSSR count). The Labute approximate surface area is 198 Å². The van der Waals surface area contributed by atoms with E-state index in [1.165, 1.54) is 6.92 Å². The number of benzene rings is 3. The standard InChI is InChI=1S/C25H25N3O4S/c1-17-12-13-19(16-22(17)26-18(2)29)27-25(33)28-24(30)21-10-6-7-11-23(21)32-15-14-31-20-8-4-3-5-9-20/h3-13,16H,14-15H2,1-2H3,(H,26,29)(H2,27,28,30,33). The second-order valence-electron chi connectivity index (χ2n) is 7.13. The fourth-order valence-corrected chi connectivity index (χ4v) is 3.18. The number of amides is 2. The molecule has 0 radical (unpaired) electrons. The number of nitrogens with one attached hydrogen (secondary N) is 3. The van der Waals surface area contributed by atoms with Gasteiger partial charge in [0.15, 0.2) is 5.11 Å². The Morgan fingerprint density at radius 1 is 0.879 bits per heavy atom. The Bertz CT molecular complexity index is 1140. The van der Waals surface area contributed by atoms with Crippen LogP contribution < -0.4 is 25.4 Å². The van der Waals surface area contributed by atoms with Crippen LogP contribution in [0.5, 0.6) is 11.5 Å². The van der Waals surface area contributed by atoms with E-state index in [4.69, 9.17) is 21.7 Å². The van der Waals surface area contributed by atoms with Crippen LogP contribution in [0, 0.1) is 6.92 Å². The quantitative estimate of drug-likeness (QED) is 0.336. The number of ether oxygens (including phenoxy) is 2. The lowest BCUT2D eigenvalue weighted by molar-refractivity contribution is -0.114. The van der Waals surface area contributed by atoms with Gasteiger partial charge in [-0.15, -0.1) is 0 Å². The molecular formula is C25H25N3O4S. The van der Waals surface area contributed by atoms with E-state index < -0.39 is 5.91 Å². The molecule has 0 unspecified atom stereocenters. The van der Waals surface area contributed by atoms with Crippen molar-refractivity contribution in [2.45, 2.75) is 13.8 Å². The maximum absolute atomic E-state index is 12.8. The molecule has 0 aliphatic heterocycles. The van der Waals surface area contributed by atoms with E-state index >= 15 is 0 Å². The van der Waals surface area contributed by atoms with Crippen LogP contribution >= 0.6 is 12.2 Å². The minimum absolute atomic E-state index is 0.125. The van der Waals surface area contributed by atoms with Gasteiger partial charge in [0.2, 0.25) is 5.91 Å². The van der Waals surface area contributed by atoms with E-state index in [1.807, 2.05) is 49.4 Å². The third kappa shape index (κ3) is 7.33. The summed E-state index contributed by atoms with van der Waals surface area (Å²) in [6.07, 6.45) is 0. The third-order valence-corrected chi connectivity index (χ3v) is 4.72. The van der Waals surface area contributed by atoms with E-state index in [0.717, 1.165) is 11.3 Å².